The Morgan fingerprint density at radius 1 is 1.38 bits per heavy atom. The number of hydrogen-bond donors (Lipinski definition) is 1. The van der Waals surface area contributed by atoms with E-state index in [1.165, 1.54) is 0 Å². The van der Waals surface area contributed by atoms with Crippen LogP contribution in [-0.4, -0.2) is 48.3 Å². The number of nitrogens with one attached hydrogen (secondary N) is 1. The molecule has 2 aliphatic heterocycles. The van der Waals surface area contributed by atoms with E-state index < -0.39 is 0 Å². The fourth-order valence-corrected chi connectivity index (χ4v) is 3.36. The molecule has 4 rings (SSSR count). The third kappa shape index (κ3) is 3.37. The van der Waals surface area contributed by atoms with Crippen LogP contribution in [0, 0.1) is 0 Å². The van der Waals surface area contributed by atoms with Crippen molar-refractivity contribution in [3.05, 3.63) is 40.5 Å². The number of benzene rings is 1. The van der Waals surface area contributed by atoms with Gasteiger partial charge in [0.15, 0.2) is 5.82 Å². The Balaban J connectivity index is 0.00000169. The first-order chi connectivity index (χ1) is 11.2. The van der Waals surface area contributed by atoms with Crippen molar-refractivity contribution in [2.45, 2.75) is 18.4 Å². The predicted molar refractivity (Wildman–Crippen MR) is 93.2 cm³/mol. The van der Waals surface area contributed by atoms with Crippen LogP contribution in [0.25, 0.3) is 0 Å². The molecule has 2 atom stereocenters. The normalized spacial score (nSPS) is 23.9. The standard InChI is InChI=1S/C16H19ClN4O2.ClH/c1-21-5-4-18-8-13(21)15-19-16(23-20-15)11-6-10-7-12(17)2-3-14(10)22-9-11;/h2-3,7,11,13,18H,4-6,8-9H2,1H3;1H. The number of piperazine rings is 1. The Kier molecular flexibility index (Phi) is 5.30. The van der Waals surface area contributed by atoms with Gasteiger partial charge in [0.1, 0.15) is 12.4 Å². The number of hydrogen-bond acceptors (Lipinski definition) is 6. The molecular weight excluding hydrogens is 351 g/mol. The quantitative estimate of drug-likeness (QED) is 0.875. The smallest absolute Gasteiger partial charge is 0.233 e. The molecule has 0 saturated carbocycles. The first-order valence-electron chi connectivity index (χ1n) is 7.86. The van der Waals surface area contributed by atoms with Crippen LogP contribution in [0.5, 0.6) is 5.75 Å². The van der Waals surface area contributed by atoms with Crippen molar-refractivity contribution in [1.82, 2.24) is 20.4 Å². The second kappa shape index (κ2) is 7.27. The van der Waals surface area contributed by atoms with Crippen LogP contribution in [0.15, 0.2) is 22.7 Å². The maximum absolute atomic E-state index is 6.07. The van der Waals surface area contributed by atoms with E-state index in [4.69, 9.17) is 20.9 Å². The minimum atomic E-state index is 0. The zero-order valence-corrected chi connectivity index (χ0v) is 14.9. The zero-order chi connectivity index (χ0) is 15.8. The monoisotopic (exact) mass is 370 g/mol. The lowest BCUT2D eigenvalue weighted by molar-refractivity contribution is 0.189. The highest BCUT2D eigenvalue weighted by atomic mass is 35.5. The summed E-state index contributed by atoms with van der Waals surface area (Å²) in [6.45, 7) is 3.36. The summed E-state index contributed by atoms with van der Waals surface area (Å²) in [5.74, 6) is 2.35. The molecule has 2 unspecified atom stereocenters. The molecule has 0 amide bonds. The maximum atomic E-state index is 6.07. The predicted octanol–water partition coefficient (Wildman–Crippen LogP) is 2.44. The van der Waals surface area contributed by atoms with E-state index in [1.807, 2.05) is 18.2 Å². The number of aromatic nitrogens is 2. The van der Waals surface area contributed by atoms with Gasteiger partial charge in [-0.25, -0.2) is 0 Å². The van der Waals surface area contributed by atoms with Gasteiger partial charge in [0, 0.05) is 24.7 Å². The molecule has 1 saturated heterocycles. The lowest BCUT2D eigenvalue weighted by Crippen LogP contribution is -2.44. The van der Waals surface area contributed by atoms with Gasteiger partial charge in [-0.2, -0.15) is 4.98 Å². The van der Waals surface area contributed by atoms with Gasteiger partial charge >= 0.3 is 0 Å². The van der Waals surface area contributed by atoms with Gasteiger partial charge in [0.2, 0.25) is 5.89 Å². The van der Waals surface area contributed by atoms with Gasteiger partial charge in [0.05, 0.1) is 12.0 Å². The summed E-state index contributed by atoms with van der Waals surface area (Å²) in [6, 6.07) is 5.86. The zero-order valence-electron chi connectivity index (χ0n) is 13.4. The highest BCUT2D eigenvalue weighted by Crippen LogP contribution is 2.34. The SMILES string of the molecule is CN1CCNCC1c1noc(C2COc3ccc(Cl)cc3C2)n1.Cl. The Labute approximate surface area is 151 Å². The van der Waals surface area contributed by atoms with Crippen LogP contribution < -0.4 is 10.1 Å². The largest absolute Gasteiger partial charge is 0.492 e. The minimum Gasteiger partial charge on any atom is -0.492 e. The third-order valence-electron chi connectivity index (χ3n) is 4.54. The summed E-state index contributed by atoms with van der Waals surface area (Å²) in [4.78, 5) is 6.88. The van der Waals surface area contributed by atoms with Gasteiger partial charge in [-0.05, 0) is 37.2 Å². The second-order valence-electron chi connectivity index (χ2n) is 6.16. The van der Waals surface area contributed by atoms with Crippen molar-refractivity contribution in [3.63, 3.8) is 0 Å². The van der Waals surface area contributed by atoms with Crippen molar-refractivity contribution in [1.29, 1.82) is 0 Å². The molecule has 0 radical (unpaired) electrons. The number of rotatable bonds is 2. The van der Waals surface area contributed by atoms with Crippen molar-refractivity contribution < 1.29 is 9.26 Å². The fraction of sp³-hybridized carbons (Fsp3) is 0.500. The first-order valence-corrected chi connectivity index (χ1v) is 8.24. The molecule has 1 aromatic heterocycles. The van der Waals surface area contributed by atoms with E-state index >= 15 is 0 Å². The summed E-state index contributed by atoms with van der Waals surface area (Å²) >= 11 is 6.07. The third-order valence-corrected chi connectivity index (χ3v) is 4.78. The number of nitrogens with zero attached hydrogens (tertiary/aromatic N) is 3. The first kappa shape index (κ1) is 17.5. The molecule has 130 valence electrons. The van der Waals surface area contributed by atoms with Crippen LogP contribution in [0.3, 0.4) is 0 Å². The topological polar surface area (TPSA) is 63.4 Å². The average Bonchev–Trinajstić information content (AvgIpc) is 3.04. The van der Waals surface area contributed by atoms with Crippen molar-refractivity contribution in [3.8, 4) is 5.75 Å². The van der Waals surface area contributed by atoms with Gasteiger partial charge in [-0.15, -0.1) is 12.4 Å². The lowest BCUT2D eigenvalue weighted by atomic mass is 9.97. The van der Waals surface area contributed by atoms with Crippen molar-refractivity contribution in [2.24, 2.45) is 0 Å². The van der Waals surface area contributed by atoms with Gasteiger partial charge in [0.25, 0.3) is 0 Å². The van der Waals surface area contributed by atoms with Crippen LogP contribution in [0.4, 0.5) is 0 Å². The van der Waals surface area contributed by atoms with Crippen molar-refractivity contribution >= 4 is 24.0 Å². The number of fused-ring (bicyclic) bond motifs is 1. The Hall–Kier alpha value is -1.34. The molecule has 8 heteroatoms. The van der Waals surface area contributed by atoms with Crippen molar-refractivity contribution in [2.75, 3.05) is 33.3 Å². The van der Waals surface area contributed by atoms with E-state index in [1.54, 1.807) is 0 Å². The number of halogens is 2. The molecule has 3 heterocycles. The van der Waals surface area contributed by atoms with Gasteiger partial charge < -0.3 is 14.6 Å². The molecule has 0 bridgehead atoms. The molecule has 24 heavy (non-hydrogen) atoms. The Bertz CT molecular complexity index is 709. The lowest BCUT2D eigenvalue weighted by Gasteiger charge is -2.30. The number of ether oxygens (including phenoxy) is 1. The molecule has 1 fully saturated rings. The van der Waals surface area contributed by atoms with E-state index in [2.05, 4.69) is 27.4 Å². The van der Waals surface area contributed by atoms with Crippen LogP contribution >= 0.6 is 24.0 Å². The van der Waals surface area contributed by atoms with E-state index in [0.717, 1.165) is 43.2 Å². The van der Waals surface area contributed by atoms with Crippen LogP contribution in [-0.2, 0) is 6.42 Å². The highest BCUT2D eigenvalue weighted by Gasteiger charge is 2.30. The highest BCUT2D eigenvalue weighted by molar-refractivity contribution is 6.30. The number of likely N-dealkylation sites (N-methyl/N-ethyl adjacent to an activating group) is 1. The summed E-state index contributed by atoms with van der Waals surface area (Å²) in [5.41, 5.74) is 1.09. The average molecular weight is 371 g/mol. The second-order valence-corrected chi connectivity index (χ2v) is 6.59. The summed E-state index contributed by atoms with van der Waals surface area (Å²) in [7, 11) is 2.09. The minimum absolute atomic E-state index is 0. The Morgan fingerprint density at radius 2 is 2.25 bits per heavy atom. The Morgan fingerprint density at radius 3 is 3.08 bits per heavy atom. The van der Waals surface area contributed by atoms with Gasteiger partial charge in [-0.3, -0.25) is 4.90 Å². The van der Waals surface area contributed by atoms with E-state index in [-0.39, 0.29) is 24.4 Å². The molecule has 2 aliphatic rings. The molecule has 0 aliphatic carbocycles. The summed E-state index contributed by atoms with van der Waals surface area (Å²) < 4.78 is 11.3. The molecule has 1 aromatic carbocycles. The summed E-state index contributed by atoms with van der Waals surface area (Å²) in [5, 5.41) is 8.28. The maximum Gasteiger partial charge on any atom is 0.233 e. The molecular formula is C16H20Cl2N4O2. The van der Waals surface area contributed by atoms with Crippen LogP contribution in [0.2, 0.25) is 5.02 Å². The fourth-order valence-electron chi connectivity index (χ4n) is 3.16. The molecule has 2 aromatic rings. The van der Waals surface area contributed by atoms with E-state index in [9.17, 15) is 0 Å². The van der Waals surface area contributed by atoms with E-state index in [0.29, 0.717) is 17.5 Å². The molecule has 1 N–H and O–H groups in total. The van der Waals surface area contributed by atoms with Gasteiger partial charge in [-0.1, -0.05) is 16.8 Å². The summed E-state index contributed by atoms with van der Waals surface area (Å²) in [6.07, 6.45) is 0.802. The van der Waals surface area contributed by atoms with Crippen LogP contribution in [0.1, 0.15) is 29.2 Å². The molecule has 0 spiro atoms. The molecule has 6 nitrogen and oxygen atoms in total.